The highest BCUT2D eigenvalue weighted by Crippen LogP contribution is 2.47. The normalized spacial score (nSPS) is 46.1. The number of unbranched alkanes of at least 4 members (excludes halogenated alkanes) is 1. The van der Waals surface area contributed by atoms with Crippen LogP contribution in [-0.4, -0.2) is 23.6 Å². The number of rotatable bonds is 5. The van der Waals surface area contributed by atoms with E-state index in [4.69, 9.17) is 0 Å². The molecule has 25 heavy (non-hydrogen) atoms. The number of alkyl halides is 2. The maximum absolute atomic E-state index is 14.9. The second-order valence-electron chi connectivity index (χ2n) is 9.33. The number of hydrogen-bond donors (Lipinski definition) is 1. The second-order valence-corrected chi connectivity index (χ2v) is 9.33. The van der Waals surface area contributed by atoms with Gasteiger partial charge in [-0.1, -0.05) is 39.0 Å². The summed E-state index contributed by atoms with van der Waals surface area (Å²) in [5.74, 6) is 2.42. The Kier molecular flexibility index (Phi) is 7.17. The second kappa shape index (κ2) is 9.15. The average molecular weight is 357 g/mol. The fourth-order valence-electron chi connectivity index (χ4n) is 6.09. The average Bonchev–Trinajstić information content (AvgIpc) is 2.63. The molecule has 0 aromatic heterocycles. The smallest absolute Gasteiger partial charge is 0.126 e. The van der Waals surface area contributed by atoms with E-state index in [1.54, 1.807) is 0 Å². The van der Waals surface area contributed by atoms with Crippen molar-refractivity contribution in [2.45, 2.75) is 109 Å². The molecule has 0 aromatic rings. The van der Waals surface area contributed by atoms with Crippen LogP contribution < -0.4 is 0 Å². The summed E-state index contributed by atoms with van der Waals surface area (Å²) in [6.07, 6.45) is 11.2. The van der Waals surface area contributed by atoms with E-state index in [1.807, 2.05) is 0 Å². The van der Waals surface area contributed by atoms with Gasteiger partial charge in [0.25, 0.3) is 0 Å². The summed E-state index contributed by atoms with van der Waals surface area (Å²) in [7, 11) is 0. The lowest BCUT2D eigenvalue weighted by atomic mass is 9.64. The molecule has 0 aromatic carbocycles. The van der Waals surface area contributed by atoms with Crippen LogP contribution in [0.15, 0.2) is 0 Å². The highest BCUT2D eigenvalue weighted by molar-refractivity contribution is 4.91. The van der Waals surface area contributed by atoms with Gasteiger partial charge >= 0.3 is 0 Å². The molecular weight excluding hydrogens is 318 g/mol. The van der Waals surface area contributed by atoms with E-state index in [9.17, 15) is 13.9 Å². The predicted molar refractivity (Wildman–Crippen MR) is 98.9 cm³/mol. The summed E-state index contributed by atoms with van der Waals surface area (Å²) in [5, 5.41) is 9.58. The minimum atomic E-state index is -1.14. The van der Waals surface area contributed by atoms with Gasteiger partial charge in [0.15, 0.2) is 0 Å². The fourth-order valence-corrected chi connectivity index (χ4v) is 6.09. The van der Waals surface area contributed by atoms with Crippen LogP contribution in [0.25, 0.3) is 0 Å². The van der Waals surface area contributed by atoms with Crippen molar-refractivity contribution in [2.75, 3.05) is 0 Å². The summed E-state index contributed by atoms with van der Waals surface area (Å²) in [5.41, 5.74) is 0. The van der Waals surface area contributed by atoms with Crippen LogP contribution in [-0.2, 0) is 0 Å². The highest BCUT2D eigenvalue weighted by Gasteiger charge is 2.41. The molecule has 0 aliphatic heterocycles. The van der Waals surface area contributed by atoms with Gasteiger partial charge in [0.2, 0.25) is 0 Å². The van der Waals surface area contributed by atoms with E-state index >= 15 is 0 Å². The largest absolute Gasteiger partial charge is 0.390 e. The van der Waals surface area contributed by atoms with Crippen molar-refractivity contribution in [3.63, 3.8) is 0 Å². The quantitative estimate of drug-likeness (QED) is 0.618. The van der Waals surface area contributed by atoms with Gasteiger partial charge in [-0.2, -0.15) is 0 Å². The molecule has 3 saturated carbocycles. The predicted octanol–water partition coefficient (Wildman–Crippen LogP) is 6.24. The molecule has 0 saturated heterocycles. The Morgan fingerprint density at radius 1 is 0.760 bits per heavy atom. The molecule has 3 aliphatic rings. The Hall–Kier alpha value is -0.180. The van der Waals surface area contributed by atoms with Crippen LogP contribution in [0.5, 0.6) is 0 Å². The molecule has 3 heteroatoms. The van der Waals surface area contributed by atoms with Crippen LogP contribution in [0.2, 0.25) is 0 Å². The zero-order valence-corrected chi connectivity index (χ0v) is 16.0. The third-order valence-corrected chi connectivity index (χ3v) is 7.77. The molecule has 0 amide bonds. The van der Waals surface area contributed by atoms with Crippen molar-refractivity contribution in [2.24, 2.45) is 29.6 Å². The maximum atomic E-state index is 14.9. The summed E-state index contributed by atoms with van der Waals surface area (Å²) in [6, 6.07) is 0. The number of hydrogen-bond acceptors (Lipinski definition) is 1. The number of aliphatic hydroxyl groups is 1. The van der Waals surface area contributed by atoms with Gasteiger partial charge in [0.1, 0.15) is 12.3 Å². The molecule has 3 aliphatic carbocycles. The lowest BCUT2D eigenvalue weighted by Gasteiger charge is -2.43. The first-order chi connectivity index (χ1) is 12.1. The molecule has 0 bridgehead atoms. The zero-order chi connectivity index (χ0) is 17.8. The Bertz CT molecular complexity index is 393. The standard InChI is InChI=1S/C22H38F2O/c1-2-3-4-15-5-7-16(8-6-15)17-9-11-19(20(23)13-17)18-10-12-22(25)21(24)14-18/h15-22,25H,2-14H2,1H3. The minimum Gasteiger partial charge on any atom is -0.390 e. The summed E-state index contributed by atoms with van der Waals surface area (Å²) in [4.78, 5) is 0. The molecule has 3 rings (SSSR count). The van der Waals surface area contributed by atoms with Gasteiger partial charge in [-0.15, -0.1) is 0 Å². The Balaban J connectivity index is 1.44. The van der Waals surface area contributed by atoms with E-state index in [-0.39, 0.29) is 11.8 Å². The molecule has 0 heterocycles. The zero-order valence-electron chi connectivity index (χ0n) is 16.0. The van der Waals surface area contributed by atoms with E-state index in [2.05, 4.69) is 6.92 Å². The Morgan fingerprint density at radius 2 is 1.40 bits per heavy atom. The molecule has 146 valence electrons. The molecule has 0 radical (unpaired) electrons. The molecule has 6 atom stereocenters. The van der Waals surface area contributed by atoms with Gasteiger partial charge in [-0.05, 0) is 81.0 Å². The summed E-state index contributed by atoms with van der Waals surface area (Å²) >= 11 is 0. The summed E-state index contributed by atoms with van der Waals surface area (Å²) in [6.45, 7) is 2.27. The van der Waals surface area contributed by atoms with Crippen molar-refractivity contribution in [1.29, 1.82) is 0 Å². The van der Waals surface area contributed by atoms with Crippen molar-refractivity contribution in [3.05, 3.63) is 0 Å². The molecule has 3 fully saturated rings. The third-order valence-electron chi connectivity index (χ3n) is 7.77. The van der Waals surface area contributed by atoms with Crippen molar-refractivity contribution in [3.8, 4) is 0 Å². The van der Waals surface area contributed by atoms with E-state index in [0.717, 1.165) is 31.1 Å². The van der Waals surface area contributed by atoms with Gasteiger partial charge in [-0.25, -0.2) is 8.78 Å². The fraction of sp³-hybridized carbons (Fsp3) is 1.00. The van der Waals surface area contributed by atoms with Gasteiger partial charge in [0.05, 0.1) is 6.10 Å². The van der Waals surface area contributed by atoms with Gasteiger partial charge in [-0.3, -0.25) is 0 Å². The van der Waals surface area contributed by atoms with E-state index in [1.165, 1.54) is 44.9 Å². The van der Waals surface area contributed by atoms with Crippen LogP contribution in [0.3, 0.4) is 0 Å². The van der Waals surface area contributed by atoms with Crippen molar-refractivity contribution < 1.29 is 13.9 Å². The van der Waals surface area contributed by atoms with Gasteiger partial charge in [0, 0.05) is 0 Å². The lowest BCUT2D eigenvalue weighted by Crippen LogP contribution is -2.40. The number of halogens is 2. The first kappa shape index (κ1) is 19.6. The van der Waals surface area contributed by atoms with E-state index in [0.29, 0.717) is 25.2 Å². The Labute approximate surface area is 153 Å². The topological polar surface area (TPSA) is 20.2 Å². The molecule has 6 unspecified atom stereocenters. The first-order valence-corrected chi connectivity index (χ1v) is 11.0. The molecule has 0 spiro atoms. The van der Waals surface area contributed by atoms with Crippen LogP contribution in [0.4, 0.5) is 8.78 Å². The summed E-state index contributed by atoms with van der Waals surface area (Å²) < 4.78 is 28.7. The van der Waals surface area contributed by atoms with Crippen LogP contribution >= 0.6 is 0 Å². The van der Waals surface area contributed by atoms with E-state index < -0.39 is 18.4 Å². The number of aliphatic hydroxyl groups excluding tert-OH is 1. The monoisotopic (exact) mass is 356 g/mol. The minimum absolute atomic E-state index is 0.0443. The highest BCUT2D eigenvalue weighted by atomic mass is 19.1. The lowest BCUT2D eigenvalue weighted by molar-refractivity contribution is -0.0187. The third kappa shape index (κ3) is 4.96. The SMILES string of the molecule is CCCCC1CCC(C2CCC(C3CCC(O)C(F)C3)C(F)C2)CC1. The molecule has 1 N–H and O–H groups in total. The van der Waals surface area contributed by atoms with Crippen molar-refractivity contribution in [1.82, 2.24) is 0 Å². The Morgan fingerprint density at radius 3 is 2.04 bits per heavy atom. The molecular formula is C22H38F2O. The van der Waals surface area contributed by atoms with Gasteiger partial charge < -0.3 is 5.11 Å². The first-order valence-electron chi connectivity index (χ1n) is 11.0. The van der Waals surface area contributed by atoms with Crippen molar-refractivity contribution >= 4 is 0 Å². The molecule has 1 nitrogen and oxygen atoms in total. The maximum Gasteiger partial charge on any atom is 0.126 e. The van der Waals surface area contributed by atoms with Crippen LogP contribution in [0.1, 0.15) is 90.4 Å². The van der Waals surface area contributed by atoms with Crippen LogP contribution in [0, 0.1) is 29.6 Å².